The van der Waals surface area contributed by atoms with E-state index in [4.69, 9.17) is 11.6 Å². The summed E-state index contributed by atoms with van der Waals surface area (Å²) in [7, 11) is 1.11. The lowest BCUT2D eigenvalue weighted by Gasteiger charge is -2.17. The van der Waals surface area contributed by atoms with E-state index < -0.39 is 29.7 Å². The van der Waals surface area contributed by atoms with Gasteiger partial charge in [-0.15, -0.1) is 15.1 Å². The molecule has 0 unspecified atom stereocenters. The second kappa shape index (κ2) is 5.68. The van der Waals surface area contributed by atoms with Crippen LogP contribution >= 0.6 is 11.6 Å². The van der Waals surface area contributed by atoms with Crippen LogP contribution in [0.4, 0.5) is 5.69 Å². The zero-order valence-electron chi connectivity index (χ0n) is 12.6. The third-order valence-electron chi connectivity index (χ3n) is 3.92. The Kier molecular flexibility index (Phi) is 3.80. The van der Waals surface area contributed by atoms with Gasteiger partial charge in [0.2, 0.25) is 5.91 Å². The predicted molar refractivity (Wildman–Crippen MR) is 83.0 cm³/mol. The number of carbonyl (C=O) groups is 3. The van der Waals surface area contributed by atoms with Gasteiger partial charge in [-0.2, -0.15) is 0 Å². The summed E-state index contributed by atoms with van der Waals surface area (Å²) in [5, 5.41) is 7.12. The molecule has 2 atom stereocenters. The van der Waals surface area contributed by atoms with Crippen LogP contribution in [0.2, 0.25) is 5.02 Å². The fourth-order valence-electron chi connectivity index (χ4n) is 2.71. The zero-order valence-corrected chi connectivity index (χ0v) is 13.4. The van der Waals surface area contributed by atoms with E-state index in [2.05, 4.69) is 15.1 Å². The lowest BCUT2D eigenvalue weighted by molar-refractivity contribution is -0.133. The van der Waals surface area contributed by atoms with Crippen molar-refractivity contribution in [2.45, 2.75) is 13.0 Å². The van der Waals surface area contributed by atoms with Crippen LogP contribution in [0, 0.1) is 17.7 Å². The molecule has 1 saturated heterocycles. The number of imide groups is 1. The number of halogens is 1. The molecule has 2 aliphatic heterocycles. The largest absolute Gasteiger partial charge is 0.464 e. The molecule has 0 spiro atoms. The second-order valence-electron chi connectivity index (χ2n) is 5.25. The number of hydrazone groups is 1. The van der Waals surface area contributed by atoms with Crippen LogP contribution in [-0.2, 0) is 19.1 Å². The summed E-state index contributed by atoms with van der Waals surface area (Å²) in [5.74, 6) is -3.56. The van der Waals surface area contributed by atoms with E-state index in [1.807, 2.05) is 0 Å². The first kappa shape index (κ1) is 16.1. The molecule has 0 aromatic heterocycles. The lowest BCUT2D eigenvalue weighted by Crippen LogP contribution is -2.36. The topological polar surface area (TPSA) is 109 Å². The summed E-state index contributed by atoms with van der Waals surface area (Å²) < 4.78 is 4.55. The Balaban J connectivity index is 2.05. The van der Waals surface area contributed by atoms with E-state index in [0.29, 0.717) is 10.1 Å². The number of carbonyl (C=O) groups excluding carboxylic acids is 3. The van der Waals surface area contributed by atoms with Gasteiger partial charge in [-0.05, 0) is 24.6 Å². The molecular formula is C14H11ClN4O5. The molecule has 0 N–H and O–H groups in total. The van der Waals surface area contributed by atoms with E-state index in [-0.39, 0.29) is 11.4 Å². The molecule has 2 heterocycles. The first-order valence-electron chi connectivity index (χ1n) is 6.84. The molecule has 9 nitrogen and oxygen atoms in total. The van der Waals surface area contributed by atoms with Crippen molar-refractivity contribution in [1.82, 2.24) is 5.12 Å². The van der Waals surface area contributed by atoms with Gasteiger partial charge in [0, 0.05) is 5.02 Å². The summed E-state index contributed by atoms with van der Waals surface area (Å²) in [5.41, 5.74) is 0.680. The van der Waals surface area contributed by atoms with Gasteiger partial charge in [0.15, 0.2) is 11.8 Å². The molecule has 0 saturated carbocycles. The third kappa shape index (κ3) is 2.16. The van der Waals surface area contributed by atoms with E-state index in [0.717, 1.165) is 17.6 Å². The van der Waals surface area contributed by atoms with E-state index in [1.165, 1.54) is 6.07 Å². The number of hydrogen-bond donors (Lipinski definition) is 0. The van der Waals surface area contributed by atoms with E-state index in [1.54, 1.807) is 19.1 Å². The Morgan fingerprint density at radius 2 is 2.04 bits per heavy atom. The molecule has 0 radical (unpaired) electrons. The van der Waals surface area contributed by atoms with Crippen molar-refractivity contribution in [2.75, 3.05) is 12.0 Å². The van der Waals surface area contributed by atoms with Gasteiger partial charge >= 0.3 is 5.97 Å². The molecule has 2 amide bonds. The van der Waals surface area contributed by atoms with Crippen molar-refractivity contribution in [3.8, 4) is 0 Å². The molecule has 1 fully saturated rings. The highest BCUT2D eigenvalue weighted by atomic mass is 35.5. The standard InChI is InChI=1S/C14H11ClN4O5/c1-6-3-4-7(5-8(6)15)18-12(20)9-10(14(22)24-2)16-19(17-23)11(9)13(18)21/h3-5,9,11H,1-2H3/t9-,11-/m1/s1. The molecule has 24 heavy (non-hydrogen) atoms. The van der Waals surface area contributed by atoms with Crippen molar-refractivity contribution in [1.29, 1.82) is 0 Å². The Hall–Kier alpha value is -2.81. The van der Waals surface area contributed by atoms with Crippen LogP contribution in [0.15, 0.2) is 28.6 Å². The number of rotatable bonds is 3. The van der Waals surface area contributed by atoms with Crippen LogP contribution in [0.3, 0.4) is 0 Å². The summed E-state index contributed by atoms with van der Waals surface area (Å²) in [4.78, 5) is 48.9. The number of esters is 1. The van der Waals surface area contributed by atoms with Crippen molar-refractivity contribution in [3.63, 3.8) is 0 Å². The Morgan fingerprint density at radius 1 is 1.33 bits per heavy atom. The minimum atomic E-state index is -1.30. The number of nitroso groups, excluding NO2 is 1. The average molecular weight is 351 g/mol. The van der Waals surface area contributed by atoms with E-state index >= 15 is 0 Å². The van der Waals surface area contributed by atoms with Crippen LogP contribution in [-0.4, -0.2) is 41.8 Å². The number of amides is 2. The maximum absolute atomic E-state index is 12.7. The van der Waals surface area contributed by atoms with Gasteiger partial charge in [0.05, 0.1) is 18.1 Å². The number of hydrogen-bond acceptors (Lipinski definition) is 7. The highest BCUT2D eigenvalue weighted by Crippen LogP contribution is 2.36. The number of ether oxygens (including phenoxy) is 1. The van der Waals surface area contributed by atoms with Crippen LogP contribution in [0.25, 0.3) is 0 Å². The molecular weight excluding hydrogens is 340 g/mol. The summed E-state index contributed by atoms with van der Waals surface area (Å²) in [6, 6.07) is 3.36. The normalized spacial score (nSPS) is 22.5. The van der Waals surface area contributed by atoms with E-state index in [9.17, 15) is 19.3 Å². The Bertz CT molecular complexity index is 808. The fourth-order valence-corrected chi connectivity index (χ4v) is 2.88. The lowest BCUT2D eigenvalue weighted by atomic mass is 9.98. The summed E-state index contributed by atoms with van der Waals surface area (Å²) >= 11 is 6.04. The highest BCUT2D eigenvalue weighted by Gasteiger charge is 2.59. The van der Waals surface area contributed by atoms with Crippen molar-refractivity contribution in [2.24, 2.45) is 16.3 Å². The summed E-state index contributed by atoms with van der Waals surface area (Å²) in [6.45, 7) is 1.77. The third-order valence-corrected chi connectivity index (χ3v) is 4.33. The maximum Gasteiger partial charge on any atom is 0.355 e. The van der Waals surface area contributed by atoms with Crippen LogP contribution in [0.5, 0.6) is 0 Å². The molecule has 10 heteroatoms. The highest BCUT2D eigenvalue weighted by molar-refractivity contribution is 6.46. The molecule has 0 aliphatic carbocycles. The van der Waals surface area contributed by atoms with Gasteiger partial charge in [0.1, 0.15) is 5.92 Å². The smallest absolute Gasteiger partial charge is 0.355 e. The van der Waals surface area contributed by atoms with Gasteiger partial charge in [0.25, 0.3) is 5.91 Å². The number of fused-ring (bicyclic) bond motifs is 1. The van der Waals surface area contributed by atoms with Crippen LogP contribution in [0.1, 0.15) is 5.56 Å². The van der Waals surface area contributed by atoms with Crippen LogP contribution < -0.4 is 4.90 Å². The molecule has 0 bridgehead atoms. The molecule has 3 rings (SSSR count). The molecule has 1 aromatic carbocycles. The first-order chi connectivity index (χ1) is 11.4. The van der Waals surface area contributed by atoms with Crippen molar-refractivity contribution in [3.05, 3.63) is 33.7 Å². The number of anilines is 1. The minimum Gasteiger partial charge on any atom is -0.464 e. The minimum absolute atomic E-state index is 0.241. The maximum atomic E-state index is 12.7. The number of methoxy groups -OCH3 is 1. The monoisotopic (exact) mass is 350 g/mol. The van der Waals surface area contributed by atoms with Crippen molar-refractivity contribution >= 4 is 40.8 Å². The predicted octanol–water partition coefficient (Wildman–Crippen LogP) is 1.03. The number of aryl methyl sites for hydroxylation is 1. The summed E-state index contributed by atoms with van der Waals surface area (Å²) in [6.07, 6.45) is 0. The average Bonchev–Trinajstić information content (AvgIpc) is 3.07. The quantitative estimate of drug-likeness (QED) is 0.457. The fraction of sp³-hybridized carbons (Fsp3) is 0.286. The van der Waals surface area contributed by atoms with Crippen molar-refractivity contribution < 1.29 is 19.1 Å². The van der Waals surface area contributed by atoms with Gasteiger partial charge < -0.3 is 4.74 Å². The number of benzene rings is 1. The second-order valence-corrected chi connectivity index (χ2v) is 5.65. The molecule has 124 valence electrons. The van der Waals surface area contributed by atoms with Gasteiger partial charge in [-0.3, -0.25) is 9.59 Å². The van der Waals surface area contributed by atoms with Gasteiger partial charge in [-0.25, -0.2) is 9.69 Å². The first-order valence-corrected chi connectivity index (χ1v) is 7.21. The Labute approximate surface area is 140 Å². The zero-order chi connectivity index (χ0) is 17.6. The molecule has 2 aliphatic rings. The number of nitrogens with zero attached hydrogens (tertiary/aromatic N) is 4. The van der Waals surface area contributed by atoms with Gasteiger partial charge in [-0.1, -0.05) is 17.7 Å². The molecule has 1 aromatic rings. The SMILES string of the molecule is COC(=O)C1=NN(N=O)[C@H]2C(=O)N(c3ccc(C)c(Cl)c3)C(=O)[C@H]12. The Morgan fingerprint density at radius 3 is 2.62 bits per heavy atom.